The molecule has 1 rings (SSSR count). The van der Waals surface area contributed by atoms with Gasteiger partial charge in [0.05, 0.1) is 7.11 Å². The molecule has 0 aliphatic carbocycles. The third kappa shape index (κ3) is 4.03. The highest BCUT2D eigenvalue weighted by atomic mass is 16.5. The van der Waals surface area contributed by atoms with E-state index in [9.17, 15) is 0 Å². The van der Waals surface area contributed by atoms with E-state index in [1.807, 2.05) is 0 Å². The second-order valence-corrected chi connectivity index (χ2v) is 4.99. The predicted octanol–water partition coefficient (Wildman–Crippen LogP) is 1.28. The molecule has 0 saturated heterocycles. The quantitative estimate of drug-likeness (QED) is 0.678. The topological polar surface area (TPSA) is 93.3 Å². The van der Waals surface area contributed by atoms with Gasteiger partial charge in [-0.2, -0.15) is 4.98 Å². The SMILES string of the molecule is COc1ncnc(NCC(C)(C)CCCO)c1N. The maximum absolute atomic E-state index is 8.85. The van der Waals surface area contributed by atoms with Crippen molar-refractivity contribution in [2.75, 3.05) is 31.3 Å². The first-order chi connectivity index (χ1) is 8.50. The number of nitrogens with one attached hydrogen (secondary N) is 1. The fourth-order valence-electron chi connectivity index (χ4n) is 1.65. The summed E-state index contributed by atoms with van der Waals surface area (Å²) in [6.45, 7) is 5.19. The molecule has 0 spiro atoms. The van der Waals surface area contributed by atoms with Crippen LogP contribution in [0.2, 0.25) is 0 Å². The average molecular weight is 254 g/mol. The van der Waals surface area contributed by atoms with Gasteiger partial charge in [0.1, 0.15) is 12.0 Å². The Morgan fingerprint density at radius 3 is 2.78 bits per heavy atom. The first-order valence-electron chi connectivity index (χ1n) is 5.99. The molecule has 18 heavy (non-hydrogen) atoms. The van der Waals surface area contributed by atoms with Gasteiger partial charge in [-0.3, -0.25) is 0 Å². The maximum Gasteiger partial charge on any atom is 0.242 e. The predicted molar refractivity (Wildman–Crippen MR) is 71.6 cm³/mol. The number of nitrogens with two attached hydrogens (primary N) is 1. The molecule has 6 nitrogen and oxygen atoms in total. The Balaban J connectivity index is 2.63. The van der Waals surface area contributed by atoms with E-state index in [1.165, 1.54) is 13.4 Å². The molecular formula is C12H22N4O2. The lowest BCUT2D eigenvalue weighted by molar-refractivity contribution is 0.248. The molecule has 1 aromatic heterocycles. The van der Waals surface area contributed by atoms with Crippen LogP contribution in [0, 0.1) is 5.41 Å². The van der Waals surface area contributed by atoms with Crippen LogP contribution in [-0.2, 0) is 0 Å². The average Bonchev–Trinajstić information content (AvgIpc) is 2.35. The minimum Gasteiger partial charge on any atom is -0.479 e. The number of rotatable bonds is 7. The highest BCUT2D eigenvalue weighted by Gasteiger charge is 2.18. The van der Waals surface area contributed by atoms with Crippen LogP contribution in [0.15, 0.2) is 6.33 Å². The lowest BCUT2D eigenvalue weighted by atomic mass is 9.88. The highest BCUT2D eigenvalue weighted by Crippen LogP contribution is 2.27. The highest BCUT2D eigenvalue weighted by molar-refractivity contribution is 5.66. The van der Waals surface area contributed by atoms with E-state index in [-0.39, 0.29) is 12.0 Å². The van der Waals surface area contributed by atoms with Gasteiger partial charge in [0.2, 0.25) is 5.88 Å². The van der Waals surface area contributed by atoms with Crippen LogP contribution in [0.4, 0.5) is 11.5 Å². The fraction of sp³-hybridized carbons (Fsp3) is 0.667. The number of nitrogens with zero attached hydrogens (tertiary/aromatic N) is 2. The summed E-state index contributed by atoms with van der Waals surface area (Å²) >= 11 is 0. The Bertz CT molecular complexity index is 382. The molecule has 102 valence electrons. The van der Waals surface area contributed by atoms with Crippen molar-refractivity contribution in [1.29, 1.82) is 0 Å². The molecule has 0 aromatic carbocycles. The Labute approximate surface area is 108 Å². The zero-order valence-electron chi connectivity index (χ0n) is 11.2. The first-order valence-corrected chi connectivity index (χ1v) is 5.99. The molecule has 0 unspecified atom stereocenters. The minimum atomic E-state index is 0.0629. The van der Waals surface area contributed by atoms with E-state index in [1.54, 1.807) is 0 Å². The van der Waals surface area contributed by atoms with E-state index in [4.69, 9.17) is 15.6 Å². The third-order valence-electron chi connectivity index (χ3n) is 2.79. The summed E-state index contributed by atoms with van der Waals surface area (Å²) in [4.78, 5) is 8.01. The third-order valence-corrected chi connectivity index (χ3v) is 2.79. The van der Waals surface area contributed by atoms with Gasteiger partial charge in [-0.25, -0.2) is 4.98 Å². The number of nitrogen functional groups attached to an aromatic ring is 1. The maximum atomic E-state index is 8.85. The molecule has 0 bridgehead atoms. The molecular weight excluding hydrogens is 232 g/mol. The molecule has 0 atom stereocenters. The van der Waals surface area contributed by atoms with Gasteiger partial charge in [0.15, 0.2) is 5.82 Å². The largest absolute Gasteiger partial charge is 0.479 e. The first kappa shape index (κ1) is 14.5. The summed E-state index contributed by atoms with van der Waals surface area (Å²) in [7, 11) is 1.52. The normalized spacial score (nSPS) is 11.3. The van der Waals surface area contributed by atoms with Crippen LogP contribution in [-0.4, -0.2) is 35.3 Å². The van der Waals surface area contributed by atoms with Crippen molar-refractivity contribution < 1.29 is 9.84 Å². The van der Waals surface area contributed by atoms with E-state index in [0.29, 0.717) is 17.4 Å². The Morgan fingerprint density at radius 2 is 2.17 bits per heavy atom. The number of aromatic nitrogens is 2. The molecule has 0 fully saturated rings. The van der Waals surface area contributed by atoms with E-state index in [2.05, 4.69) is 29.1 Å². The monoisotopic (exact) mass is 254 g/mol. The Hall–Kier alpha value is -1.56. The fourth-order valence-corrected chi connectivity index (χ4v) is 1.65. The molecule has 0 aliphatic rings. The van der Waals surface area contributed by atoms with Gasteiger partial charge in [0.25, 0.3) is 0 Å². The Morgan fingerprint density at radius 1 is 1.44 bits per heavy atom. The van der Waals surface area contributed by atoms with Gasteiger partial charge in [-0.15, -0.1) is 0 Å². The summed E-state index contributed by atoms with van der Waals surface area (Å²) in [6.07, 6.45) is 3.13. The molecule has 4 N–H and O–H groups in total. The van der Waals surface area contributed by atoms with Gasteiger partial charge in [0, 0.05) is 13.2 Å². The lowest BCUT2D eigenvalue weighted by Crippen LogP contribution is -2.24. The van der Waals surface area contributed by atoms with Crippen LogP contribution < -0.4 is 15.8 Å². The number of methoxy groups -OCH3 is 1. The van der Waals surface area contributed by atoms with Crippen LogP contribution in [0.3, 0.4) is 0 Å². The Kier molecular flexibility index (Phi) is 5.15. The van der Waals surface area contributed by atoms with Gasteiger partial charge < -0.3 is 20.9 Å². The van der Waals surface area contributed by atoms with Gasteiger partial charge in [-0.1, -0.05) is 13.8 Å². The van der Waals surface area contributed by atoms with Crippen molar-refractivity contribution >= 4 is 11.5 Å². The van der Waals surface area contributed by atoms with Gasteiger partial charge in [-0.05, 0) is 18.3 Å². The molecule has 0 amide bonds. The molecule has 0 aliphatic heterocycles. The number of ether oxygens (including phenoxy) is 1. The molecule has 1 heterocycles. The van der Waals surface area contributed by atoms with E-state index >= 15 is 0 Å². The molecule has 1 aromatic rings. The van der Waals surface area contributed by atoms with Crippen molar-refractivity contribution in [2.24, 2.45) is 5.41 Å². The molecule has 6 heteroatoms. The van der Waals surface area contributed by atoms with Crippen molar-refractivity contribution in [1.82, 2.24) is 9.97 Å². The van der Waals surface area contributed by atoms with Crippen molar-refractivity contribution in [3.8, 4) is 5.88 Å². The van der Waals surface area contributed by atoms with Crippen molar-refractivity contribution in [3.63, 3.8) is 0 Å². The molecule has 0 radical (unpaired) electrons. The molecule has 0 saturated carbocycles. The number of aliphatic hydroxyl groups excluding tert-OH is 1. The van der Waals surface area contributed by atoms with Crippen molar-refractivity contribution in [2.45, 2.75) is 26.7 Å². The summed E-state index contributed by atoms with van der Waals surface area (Å²) in [5.74, 6) is 0.958. The lowest BCUT2D eigenvalue weighted by Gasteiger charge is -2.25. The summed E-state index contributed by atoms with van der Waals surface area (Å²) in [5.41, 5.74) is 6.35. The summed E-state index contributed by atoms with van der Waals surface area (Å²) < 4.78 is 5.03. The van der Waals surface area contributed by atoms with Crippen LogP contribution >= 0.6 is 0 Å². The number of hydrogen-bond acceptors (Lipinski definition) is 6. The zero-order chi connectivity index (χ0) is 13.6. The number of hydrogen-bond donors (Lipinski definition) is 3. The van der Waals surface area contributed by atoms with Crippen LogP contribution in [0.5, 0.6) is 5.88 Å². The standard InChI is InChI=1S/C12H22N4O2/c1-12(2,5-4-6-17)7-14-10-9(13)11(18-3)16-8-15-10/h8,17H,4-7,13H2,1-3H3,(H,14,15,16). The van der Waals surface area contributed by atoms with Gasteiger partial charge >= 0.3 is 0 Å². The zero-order valence-corrected chi connectivity index (χ0v) is 11.2. The van der Waals surface area contributed by atoms with Crippen LogP contribution in [0.1, 0.15) is 26.7 Å². The van der Waals surface area contributed by atoms with E-state index < -0.39 is 0 Å². The number of anilines is 2. The summed E-state index contributed by atoms with van der Waals surface area (Å²) in [5, 5.41) is 12.0. The minimum absolute atomic E-state index is 0.0629. The summed E-state index contributed by atoms with van der Waals surface area (Å²) in [6, 6.07) is 0. The van der Waals surface area contributed by atoms with E-state index in [0.717, 1.165) is 19.4 Å². The van der Waals surface area contributed by atoms with Crippen LogP contribution in [0.25, 0.3) is 0 Å². The van der Waals surface area contributed by atoms with Crippen molar-refractivity contribution in [3.05, 3.63) is 6.33 Å². The number of aliphatic hydroxyl groups is 1. The second kappa shape index (κ2) is 6.39. The smallest absolute Gasteiger partial charge is 0.242 e. The second-order valence-electron chi connectivity index (χ2n) is 4.99.